The Morgan fingerprint density at radius 1 is 1.31 bits per heavy atom. The minimum Gasteiger partial charge on any atom is -0.366 e. The van der Waals surface area contributed by atoms with E-state index in [9.17, 15) is 14.4 Å². The zero-order valence-electron chi connectivity index (χ0n) is 16.2. The number of benzene rings is 1. The number of ether oxygens (including phenoxy) is 1. The topological polar surface area (TPSA) is 79.3 Å². The van der Waals surface area contributed by atoms with E-state index in [0.717, 1.165) is 36.8 Å². The summed E-state index contributed by atoms with van der Waals surface area (Å²) in [5.74, 6) is -0.356. The number of halogens is 1. The Kier molecular flexibility index (Phi) is 5.61. The molecule has 150 valence electrons. The summed E-state index contributed by atoms with van der Waals surface area (Å²) in [6.45, 7) is 1.04. The molecule has 0 amide bonds. The highest BCUT2D eigenvalue weighted by atomic mass is 19.1. The average molecular weight is 393 g/mol. The fourth-order valence-electron chi connectivity index (χ4n) is 3.87. The lowest BCUT2D eigenvalue weighted by Crippen LogP contribution is -2.32. The molecular weight excluding hydrogens is 369 g/mol. The van der Waals surface area contributed by atoms with Gasteiger partial charge in [-0.25, -0.2) is 4.39 Å². The van der Waals surface area contributed by atoms with Crippen molar-refractivity contribution in [3.8, 4) is 6.07 Å². The summed E-state index contributed by atoms with van der Waals surface area (Å²) in [4.78, 5) is 14.6. The van der Waals surface area contributed by atoms with Crippen molar-refractivity contribution in [1.29, 1.82) is 5.26 Å². The quantitative estimate of drug-likeness (QED) is 0.718. The third-order valence-corrected chi connectivity index (χ3v) is 5.46. The summed E-state index contributed by atoms with van der Waals surface area (Å²) in [5, 5.41) is 9.94. The van der Waals surface area contributed by atoms with Crippen LogP contribution >= 0.6 is 0 Å². The molecular formula is C23H24FN3O2. The Morgan fingerprint density at radius 2 is 2.14 bits per heavy atom. The fraction of sp³-hybridized carbons (Fsp3) is 0.391. The van der Waals surface area contributed by atoms with Crippen molar-refractivity contribution < 1.29 is 13.9 Å². The molecule has 1 saturated carbocycles. The van der Waals surface area contributed by atoms with Gasteiger partial charge in [0.15, 0.2) is 5.78 Å². The summed E-state index contributed by atoms with van der Waals surface area (Å²) < 4.78 is 19.8. The molecule has 1 fully saturated rings. The summed E-state index contributed by atoms with van der Waals surface area (Å²) in [6.07, 6.45) is 6.94. The van der Waals surface area contributed by atoms with Crippen LogP contribution in [0, 0.1) is 17.1 Å². The first-order valence-corrected chi connectivity index (χ1v) is 10.1. The molecule has 0 radical (unpaired) electrons. The number of fused-ring (bicyclic) bond motifs is 1. The number of unbranched alkanes of at least 4 members (excludes halogenated alkanes) is 1. The summed E-state index contributed by atoms with van der Waals surface area (Å²) in [6, 6.07) is 8.86. The second-order valence-corrected chi connectivity index (χ2v) is 7.65. The zero-order valence-corrected chi connectivity index (χ0v) is 16.2. The van der Waals surface area contributed by atoms with Gasteiger partial charge < -0.3 is 15.4 Å². The molecule has 2 aliphatic carbocycles. The smallest absolute Gasteiger partial charge is 0.169 e. The van der Waals surface area contributed by atoms with Gasteiger partial charge >= 0.3 is 0 Å². The first-order chi connectivity index (χ1) is 14.1. The Labute approximate surface area is 169 Å². The molecule has 1 aliphatic heterocycles. The molecule has 5 nitrogen and oxygen atoms in total. The van der Waals surface area contributed by atoms with Gasteiger partial charge in [0.1, 0.15) is 23.7 Å². The summed E-state index contributed by atoms with van der Waals surface area (Å²) >= 11 is 0. The predicted octanol–water partition coefficient (Wildman–Crippen LogP) is 3.45. The molecule has 3 aliphatic rings. The van der Waals surface area contributed by atoms with Gasteiger partial charge in [-0.15, -0.1) is 0 Å². The number of Topliss-reactive ketones (excluding diaryl/α,β-unsaturated/α-hetero) is 1. The van der Waals surface area contributed by atoms with E-state index in [1.165, 1.54) is 12.1 Å². The Balaban J connectivity index is 1.75. The molecule has 0 aromatic heterocycles. The average Bonchev–Trinajstić information content (AvgIpc) is 3.55. The Morgan fingerprint density at radius 3 is 2.83 bits per heavy atom. The minimum absolute atomic E-state index is 0.00231. The maximum absolute atomic E-state index is 14.0. The number of hydrogen-bond donors (Lipinski definition) is 1. The molecule has 0 bridgehead atoms. The van der Waals surface area contributed by atoms with Gasteiger partial charge in [-0.1, -0.05) is 12.1 Å². The second-order valence-electron chi connectivity index (χ2n) is 7.65. The number of carbonyl (C=O) groups is 1. The van der Waals surface area contributed by atoms with Gasteiger partial charge in [0.25, 0.3) is 0 Å². The van der Waals surface area contributed by atoms with Crippen LogP contribution in [0.3, 0.4) is 0 Å². The largest absolute Gasteiger partial charge is 0.366 e. The van der Waals surface area contributed by atoms with Gasteiger partial charge in [0, 0.05) is 30.8 Å². The van der Waals surface area contributed by atoms with Crippen LogP contribution in [0.25, 0.3) is 5.57 Å². The predicted molar refractivity (Wildman–Crippen MR) is 108 cm³/mol. The van der Waals surface area contributed by atoms with Gasteiger partial charge in [0.05, 0.1) is 0 Å². The Bertz CT molecular complexity index is 953. The zero-order chi connectivity index (χ0) is 20.4. The molecule has 1 atom stereocenters. The minimum atomic E-state index is -0.657. The lowest BCUT2D eigenvalue weighted by Gasteiger charge is -2.34. The van der Waals surface area contributed by atoms with Crippen molar-refractivity contribution in [2.24, 2.45) is 5.73 Å². The number of nitriles is 1. The number of ketones is 1. The maximum Gasteiger partial charge on any atom is 0.169 e. The van der Waals surface area contributed by atoms with E-state index in [2.05, 4.69) is 6.07 Å². The van der Waals surface area contributed by atoms with E-state index in [0.29, 0.717) is 30.0 Å². The second kappa shape index (κ2) is 8.32. The molecule has 2 N–H and O–H groups in total. The third-order valence-electron chi connectivity index (χ3n) is 5.46. The van der Waals surface area contributed by atoms with Gasteiger partial charge in [-0.2, -0.15) is 5.26 Å². The number of allylic oxidation sites excluding steroid dienone is 4. The van der Waals surface area contributed by atoms with Crippen LogP contribution in [0.1, 0.15) is 37.7 Å². The van der Waals surface area contributed by atoms with Crippen LogP contribution in [0.15, 0.2) is 53.4 Å². The highest BCUT2D eigenvalue weighted by molar-refractivity contribution is 5.98. The van der Waals surface area contributed by atoms with Crippen molar-refractivity contribution in [2.75, 3.05) is 13.2 Å². The van der Waals surface area contributed by atoms with E-state index in [-0.39, 0.29) is 24.1 Å². The van der Waals surface area contributed by atoms with Crippen molar-refractivity contribution in [2.45, 2.75) is 44.2 Å². The maximum atomic E-state index is 14.0. The monoisotopic (exact) mass is 393 g/mol. The van der Waals surface area contributed by atoms with Gasteiger partial charge in [-0.3, -0.25) is 4.79 Å². The molecule has 29 heavy (non-hydrogen) atoms. The molecule has 1 unspecified atom stereocenters. The number of carbonyl (C=O) groups excluding carboxylic acids is 1. The van der Waals surface area contributed by atoms with E-state index in [4.69, 9.17) is 10.5 Å². The molecule has 4 rings (SSSR count). The van der Waals surface area contributed by atoms with Crippen LogP contribution in [0.5, 0.6) is 0 Å². The first-order valence-electron chi connectivity index (χ1n) is 10.1. The highest BCUT2D eigenvalue weighted by Crippen LogP contribution is 2.44. The third kappa shape index (κ3) is 4.02. The standard InChI is InChI=1S/C23H24FN3O2/c24-17-5-3-4-15(10-17)23-19-12-22(29-9-2-1-8-25)21(28)11-16(19)14-27(18-6-7-18)20(23)13-26/h3-5,10,12,14,18,22H,1-2,6-9,11,25H2. The molecule has 1 heterocycles. The molecule has 0 saturated heterocycles. The van der Waals surface area contributed by atoms with Gasteiger partial charge in [-0.05, 0) is 67.1 Å². The summed E-state index contributed by atoms with van der Waals surface area (Å²) in [7, 11) is 0. The summed E-state index contributed by atoms with van der Waals surface area (Å²) in [5.41, 5.74) is 9.00. The van der Waals surface area contributed by atoms with Crippen LogP contribution in [-0.2, 0) is 9.53 Å². The lowest BCUT2D eigenvalue weighted by atomic mass is 9.81. The van der Waals surface area contributed by atoms with Crippen molar-refractivity contribution in [3.05, 3.63) is 64.8 Å². The van der Waals surface area contributed by atoms with Crippen LogP contribution < -0.4 is 5.73 Å². The van der Waals surface area contributed by atoms with Crippen LogP contribution in [0.2, 0.25) is 0 Å². The highest BCUT2D eigenvalue weighted by Gasteiger charge is 2.38. The molecule has 0 spiro atoms. The van der Waals surface area contributed by atoms with E-state index < -0.39 is 6.10 Å². The van der Waals surface area contributed by atoms with Crippen molar-refractivity contribution in [1.82, 2.24) is 4.90 Å². The molecule has 1 aromatic carbocycles. The SMILES string of the molecule is N#CC1=C(c2cccc(F)c2)C2=CC(OCCCCN)C(=O)CC2=CN1C1CC1. The number of hydrogen-bond acceptors (Lipinski definition) is 5. The van der Waals surface area contributed by atoms with Crippen LogP contribution in [0.4, 0.5) is 4.39 Å². The fourth-order valence-corrected chi connectivity index (χ4v) is 3.87. The van der Waals surface area contributed by atoms with E-state index in [1.807, 2.05) is 11.1 Å². The van der Waals surface area contributed by atoms with E-state index in [1.54, 1.807) is 18.2 Å². The normalized spacial score (nSPS) is 21.5. The molecule has 6 heteroatoms. The van der Waals surface area contributed by atoms with E-state index >= 15 is 0 Å². The van der Waals surface area contributed by atoms with Crippen molar-refractivity contribution >= 4 is 11.4 Å². The van der Waals surface area contributed by atoms with Crippen molar-refractivity contribution in [3.63, 3.8) is 0 Å². The lowest BCUT2D eigenvalue weighted by molar-refractivity contribution is -0.127. The van der Waals surface area contributed by atoms with Gasteiger partial charge in [0.2, 0.25) is 0 Å². The van der Waals surface area contributed by atoms with Crippen LogP contribution in [-0.4, -0.2) is 36.0 Å². The number of nitrogens with two attached hydrogens (primary N) is 1. The first kappa shape index (κ1) is 19.6. The molecule has 1 aromatic rings. The number of nitrogens with zero attached hydrogens (tertiary/aromatic N) is 2. The Hall–Kier alpha value is -2.75. The number of rotatable bonds is 7.